The van der Waals surface area contributed by atoms with Gasteiger partial charge in [0.2, 0.25) is 0 Å². The number of benzene rings is 1. The van der Waals surface area contributed by atoms with E-state index in [1.807, 2.05) is 12.3 Å². The van der Waals surface area contributed by atoms with Crippen LogP contribution in [0.1, 0.15) is 57.1 Å². The van der Waals surface area contributed by atoms with Gasteiger partial charge in [0.05, 0.1) is 6.61 Å². The lowest BCUT2D eigenvalue weighted by molar-refractivity contribution is 0.0519. The third kappa shape index (κ3) is 3.09. The van der Waals surface area contributed by atoms with E-state index >= 15 is 0 Å². The van der Waals surface area contributed by atoms with Gasteiger partial charge in [0.15, 0.2) is 5.78 Å². The van der Waals surface area contributed by atoms with E-state index in [0.29, 0.717) is 29.8 Å². The molecule has 0 unspecified atom stereocenters. The maximum absolute atomic E-state index is 12.1. The van der Waals surface area contributed by atoms with Gasteiger partial charge in [-0.15, -0.1) is 0 Å². The van der Waals surface area contributed by atoms with Crippen LogP contribution in [-0.2, 0) is 11.2 Å². The summed E-state index contributed by atoms with van der Waals surface area (Å²) in [5.74, 6) is -0.487. The molecule has 1 aromatic carbocycles. The molecule has 2 N–H and O–H groups in total. The standard InChI is InChI=1S/C20H22N2O3/c1-5-25-20(24)19-12(3)18(13(4)23)17(22-19)9-14-10-21-16-7-6-11(2)8-15(14)16/h6-8,10,21-22H,5,9H2,1-4H3. The number of rotatable bonds is 5. The number of carbonyl (C=O) groups is 2. The molecule has 0 bridgehead atoms. The van der Waals surface area contributed by atoms with E-state index in [2.05, 4.69) is 29.0 Å². The number of H-pyrrole nitrogens is 2. The Morgan fingerprint density at radius 2 is 1.96 bits per heavy atom. The Hall–Kier alpha value is -2.82. The minimum atomic E-state index is -0.427. The molecule has 3 aromatic rings. The molecule has 3 rings (SSSR count). The van der Waals surface area contributed by atoms with Crippen LogP contribution in [0.2, 0.25) is 0 Å². The number of ketones is 1. The van der Waals surface area contributed by atoms with E-state index in [1.165, 1.54) is 12.5 Å². The van der Waals surface area contributed by atoms with Crippen molar-refractivity contribution < 1.29 is 14.3 Å². The van der Waals surface area contributed by atoms with Gasteiger partial charge in [-0.1, -0.05) is 11.6 Å². The fourth-order valence-electron chi connectivity index (χ4n) is 3.30. The molecular weight excluding hydrogens is 316 g/mol. The van der Waals surface area contributed by atoms with Crippen LogP contribution in [0, 0.1) is 13.8 Å². The second-order valence-corrected chi connectivity index (χ2v) is 6.29. The van der Waals surface area contributed by atoms with Gasteiger partial charge in [0, 0.05) is 34.8 Å². The molecule has 0 aliphatic rings. The number of hydrogen-bond donors (Lipinski definition) is 2. The van der Waals surface area contributed by atoms with Crippen LogP contribution in [-0.4, -0.2) is 28.3 Å². The summed E-state index contributed by atoms with van der Waals surface area (Å²) >= 11 is 0. The maximum atomic E-state index is 12.1. The normalized spacial score (nSPS) is 11.0. The molecular formula is C20H22N2O3. The molecule has 0 saturated heterocycles. The SMILES string of the molecule is CCOC(=O)c1[nH]c(Cc2c[nH]c3ccc(C)cc23)c(C(C)=O)c1C. The summed E-state index contributed by atoms with van der Waals surface area (Å²) in [5.41, 5.74) is 5.64. The number of fused-ring (bicyclic) bond motifs is 1. The minimum Gasteiger partial charge on any atom is -0.461 e. The van der Waals surface area contributed by atoms with E-state index in [0.717, 1.165) is 22.2 Å². The van der Waals surface area contributed by atoms with Crippen LogP contribution in [0.25, 0.3) is 10.9 Å². The first kappa shape index (κ1) is 17.0. The molecule has 0 spiro atoms. The van der Waals surface area contributed by atoms with Crippen molar-refractivity contribution in [3.8, 4) is 0 Å². The zero-order chi connectivity index (χ0) is 18.1. The molecule has 25 heavy (non-hydrogen) atoms. The summed E-state index contributed by atoms with van der Waals surface area (Å²) in [5, 5.41) is 1.12. The van der Waals surface area contributed by atoms with Gasteiger partial charge in [0.25, 0.3) is 0 Å². The summed E-state index contributed by atoms with van der Waals surface area (Å²) < 4.78 is 5.09. The lowest BCUT2D eigenvalue weighted by Crippen LogP contribution is -2.07. The van der Waals surface area contributed by atoms with Crippen LogP contribution in [0.15, 0.2) is 24.4 Å². The molecule has 130 valence electrons. The molecule has 0 radical (unpaired) electrons. The van der Waals surface area contributed by atoms with Gasteiger partial charge in [-0.2, -0.15) is 0 Å². The largest absolute Gasteiger partial charge is 0.461 e. The van der Waals surface area contributed by atoms with Crippen molar-refractivity contribution in [2.75, 3.05) is 6.61 Å². The fourth-order valence-corrected chi connectivity index (χ4v) is 3.30. The Morgan fingerprint density at radius 3 is 2.64 bits per heavy atom. The highest BCUT2D eigenvalue weighted by Gasteiger charge is 2.23. The topological polar surface area (TPSA) is 75.0 Å². The van der Waals surface area contributed by atoms with E-state index < -0.39 is 5.97 Å². The number of ether oxygens (including phenoxy) is 1. The molecule has 5 heteroatoms. The van der Waals surface area contributed by atoms with Gasteiger partial charge >= 0.3 is 5.97 Å². The number of aromatic amines is 2. The number of hydrogen-bond acceptors (Lipinski definition) is 3. The van der Waals surface area contributed by atoms with Crippen molar-refractivity contribution in [1.82, 2.24) is 9.97 Å². The van der Waals surface area contributed by atoms with Crippen LogP contribution < -0.4 is 0 Å². The van der Waals surface area contributed by atoms with E-state index in [-0.39, 0.29) is 5.78 Å². The summed E-state index contributed by atoms with van der Waals surface area (Å²) in [4.78, 5) is 30.7. The molecule has 0 amide bonds. The maximum Gasteiger partial charge on any atom is 0.355 e. The Bertz CT molecular complexity index is 963. The number of Topliss-reactive ketones (excluding diaryl/α,β-unsaturated/α-hetero) is 1. The average Bonchev–Trinajstić information content (AvgIpc) is 3.09. The summed E-state index contributed by atoms with van der Waals surface area (Å²) in [7, 11) is 0. The fraction of sp³-hybridized carbons (Fsp3) is 0.300. The molecule has 5 nitrogen and oxygen atoms in total. The number of aromatic nitrogens is 2. The van der Waals surface area contributed by atoms with Gasteiger partial charge in [-0.05, 0) is 51.0 Å². The highest BCUT2D eigenvalue weighted by molar-refractivity contribution is 6.01. The third-order valence-corrected chi connectivity index (χ3v) is 4.45. The number of esters is 1. The van der Waals surface area contributed by atoms with Crippen LogP contribution in [0.5, 0.6) is 0 Å². The van der Waals surface area contributed by atoms with E-state index in [4.69, 9.17) is 4.74 Å². The molecule has 2 aromatic heterocycles. The Kier molecular flexibility index (Phi) is 4.49. The lowest BCUT2D eigenvalue weighted by Gasteiger charge is -2.02. The number of carbonyl (C=O) groups excluding carboxylic acids is 2. The predicted molar refractivity (Wildman–Crippen MR) is 97.3 cm³/mol. The van der Waals surface area contributed by atoms with Gasteiger partial charge < -0.3 is 14.7 Å². The van der Waals surface area contributed by atoms with Crippen molar-refractivity contribution >= 4 is 22.7 Å². The smallest absolute Gasteiger partial charge is 0.355 e. The predicted octanol–water partition coefficient (Wildman–Crippen LogP) is 4.08. The Morgan fingerprint density at radius 1 is 1.20 bits per heavy atom. The van der Waals surface area contributed by atoms with Crippen molar-refractivity contribution in [3.05, 3.63) is 58.0 Å². The first-order valence-electron chi connectivity index (χ1n) is 8.38. The summed E-state index contributed by atoms with van der Waals surface area (Å²) in [6.45, 7) is 7.41. The van der Waals surface area contributed by atoms with Gasteiger partial charge in [-0.25, -0.2) is 4.79 Å². The molecule has 0 aliphatic heterocycles. The van der Waals surface area contributed by atoms with E-state index in [9.17, 15) is 9.59 Å². The monoisotopic (exact) mass is 338 g/mol. The first-order valence-corrected chi connectivity index (χ1v) is 8.38. The molecule has 0 saturated carbocycles. The quantitative estimate of drug-likeness (QED) is 0.543. The van der Waals surface area contributed by atoms with Crippen molar-refractivity contribution in [2.45, 2.75) is 34.1 Å². The van der Waals surface area contributed by atoms with E-state index in [1.54, 1.807) is 13.8 Å². The van der Waals surface area contributed by atoms with Crippen LogP contribution >= 0.6 is 0 Å². The third-order valence-electron chi connectivity index (χ3n) is 4.45. The summed E-state index contributed by atoms with van der Waals surface area (Å²) in [6.07, 6.45) is 2.49. The highest BCUT2D eigenvalue weighted by atomic mass is 16.5. The zero-order valence-corrected chi connectivity index (χ0v) is 14.9. The van der Waals surface area contributed by atoms with Gasteiger partial charge in [-0.3, -0.25) is 4.79 Å². The highest BCUT2D eigenvalue weighted by Crippen LogP contribution is 2.26. The molecule has 0 atom stereocenters. The number of nitrogens with one attached hydrogen (secondary N) is 2. The van der Waals surface area contributed by atoms with Gasteiger partial charge in [0.1, 0.15) is 5.69 Å². The van der Waals surface area contributed by atoms with Crippen LogP contribution in [0.3, 0.4) is 0 Å². The second-order valence-electron chi connectivity index (χ2n) is 6.29. The molecule has 2 heterocycles. The molecule has 0 fully saturated rings. The minimum absolute atomic E-state index is 0.0599. The average molecular weight is 338 g/mol. The zero-order valence-electron chi connectivity index (χ0n) is 14.9. The van der Waals surface area contributed by atoms with Crippen molar-refractivity contribution in [1.29, 1.82) is 0 Å². The summed E-state index contributed by atoms with van der Waals surface area (Å²) in [6, 6.07) is 6.22. The molecule has 0 aliphatic carbocycles. The Labute approximate surface area is 146 Å². The van der Waals surface area contributed by atoms with Crippen molar-refractivity contribution in [3.63, 3.8) is 0 Å². The Balaban J connectivity index is 2.06. The van der Waals surface area contributed by atoms with Crippen LogP contribution in [0.4, 0.5) is 0 Å². The van der Waals surface area contributed by atoms with Crippen molar-refractivity contribution in [2.24, 2.45) is 0 Å². The second kappa shape index (κ2) is 6.59. The first-order chi connectivity index (χ1) is 11.9. The number of aryl methyl sites for hydroxylation is 1. The lowest BCUT2D eigenvalue weighted by atomic mass is 10.0.